The zero-order valence-electron chi connectivity index (χ0n) is 15.7. The predicted molar refractivity (Wildman–Crippen MR) is 108 cm³/mol. The molecule has 0 fully saturated rings. The molecule has 0 saturated carbocycles. The number of hydrogen-bond donors (Lipinski definition) is 0. The van der Waals surface area contributed by atoms with Gasteiger partial charge in [-0.25, -0.2) is 0 Å². The van der Waals surface area contributed by atoms with Crippen molar-refractivity contribution in [2.45, 2.75) is 59.3 Å². The summed E-state index contributed by atoms with van der Waals surface area (Å²) in [5.74, 6) is 3.57. The van der Waals surface area contributed by atoms with Crippen molar-refractivity contribution < 1.29 is 4.74 Å². The van der Waals surface area contributed by atoms with Gasteiger partial charge in [0.1, 0.15) is 5.75 Å². The molecule has 0 aromatic heterocycles. The van der Waals surface area contributed by atoms with E-state index in [1.807, 2.05) is 0 Å². The number of ether oxygens (including phenoxy) is 1. The Morgan fingerprint density at radius 1 is 0.826 bits per heavy atom. The molecule has 0 bridgehead atoms. The molecular formula is C21H36OP+. The van der Waals surface area contributed by atoms with Gasteiger partial charge in [-0.3, -0.25) is 0 Å². The van der Waals surface area contributed by atoms with Crippen molar-refractivity contribution in [3.8, 4) is 5.75 Å². The lowest BCUT2D eigenvalue weighted by molar-refractivity contribution is 0.415. The molecule has 0 heterocycles. The molecule has 0 N–H and O–H groups in total. The van der Waals surface area contributed by atoms with E-state index in [0.717, 1.165) is 5.75 Å². The van der Waals surface area contributed by atoms with Crippen LogP contribution >= 0.6 is 7.26 Å². The van der Waals surface area contributed by atoms with Crippen LogP contribution in [-0.2, 0) is 0 Å². The fourth-order valence-corrected chi connectivity index (χ4v) is 7.38. The summed E-state index contributed by atoms with van der Waals surface area (Å²) in [5.41, 5.74) is 1.31. The lowest BCUT2D eigenvalue weighted by Crippen LogP contribution is -2.06. The fourth-order valence-electron chi connectivity index (χ4n) is 2.94. The van der Waals surface area contributed by atoms with Gasteiger partial charge in [-0.2, -0.15) is 0 Å². The SMILES string of the molecule is CCCC[P+](/C=C/c1ccc(OC)cc1)(CCCC)CCCC. The molecule has 1 aromatic rings. The Hall–Kier alpha value is -0.810. The van der Waals surface area contributed by atoms with E-state index >= 15 is 0 Å². The lowest BCUT2D eigenvalue weighted by Gasteiger charge is -2.24. The van der Waals surface area contributed by atoms with Crippen LogP contribution in [0.4, 0.5) is 0 Å². The molecule has 130 valence electrons. The summed E-state index contributed by atoms with van der Waals surface area (Å²) in [6.45, 7) is 6.96. The van der Waals surface area contributed by atoms with E-state index in [9.17, 15) is 0 Å². The van der Waals surface area contributed by atoms with E-state index in [-0.39, 0.29) is 0 Å². The Balaban J connectivity index is 2.90. The average molecular weight is 335 g/mol. The summed E-state index contributed by atoms with van der Waals surface area (Å²) in [7, 11) is 0.782. The number of hydrogen-bond acceptors (Lipinski definition) is 1. The van der Waals surface area contributed by atoms with Gasteiger partial charge in [-0.1, -0.05) is 52.2 Å². The van der Waals surface area contributed by atoms with Crippen molar-refractivity contribution in [2.75, 3.05) is 25.6 Å². The maximum absolute atomic E-state index is 5.26. The normalized spacial score (nSPS) is 12.0. The van der Waals surface area contributed by atoms with E-state index < -0.39 is 7.26 Å². The predicted octanol–water partition coefficient (Wildman–Crippen LogP) is 7.08. The molecule has 0 unspecified atom stereocenters. The van der Waals surface area contributed by atoms with Crippen LogP contribution < -0.4 is 4.74 Å². The van der Waals surface area contributed by atoms with Gasteiger partial charge in [0.25, 0.3) is 0 Å². The molecule has 1 nitrogen and oxygen atoms in total. The average Bonchev–Trinajstić information content (AvgIpc) is 2.61. The summed E-state index contributed by atoms with van der Waals surface area (Å²) < 4.78 is 5.26. The Labute approximate surface area is 144 Å². The summed E-state index contributed by atoms with van der Waals surface area (Å²) in [5, 5.41) is 0. The van der Waals surface area contributed by atoms with Gasteiger partial charge in [-0.05, 0) is 43.0 Å². The van der Waals surface area contributed by atoms with Crippen LogP contribution in [0.3, 0.4) is 0 Å². The summed E-state index contributed by atoms with van der Waals surface area (Å²) in [6.07, 6.45) is 14.8. The van der Waals surface area contributed by atoms with Crippen LogP contribution in [0.1, 0.15) is 64.9 Å². The number of benzene rings is 1. The van der Waals surface area contributed by atoms with Gasteiger partial charge in [0, 0.05) is 7.26 Å². The lowest BCUT2D eigenvalue weighted by atomic mass is 10.2. The topological polar surface area (TPSA) is 9.23 Å². The highest BCUT2D eigenvalue weighted by molar-refractivity contribution is 7.78. The number of methoxy groups -OCH3 is 1. The Morgan fingerprint density at radius 2 is 1.30 bits per heavy atom. The number of rotatable bonds is 12. The molecule has 0 aliphatic rings. The number of unbranched alkanes of at least 4 members (excludes halogenated alkanes) is 3. The van der Waals surface area contributed by atoms with Crippen LogP contribution in [0.5, 0.6) is 5.75 Å². The molecule has 2 heteroatoms. The molecular weight excluding hydrogens is 299 g/mol. The van der Waals surface area contributed by atoms with Crippen LogP contribution in [-0.4, -0.2) is 25.6 Å². The first-order chi connectivity index (χ1) is 11.2. The maximum Gasteiger partial charge on any atom is 0.118 e. The maximum atomic E-state index is 5.26. The molecule has 23 heavy (non-hydrogen) atoms. The van der Waals surface area contributed by atoms with Crippen molar-refractivity contribution in [1.29, 1.82) is 0 Å². The van der Waals surface area contributed by atoms with Crippen molar-refractivity contribution >= 4 is 13.3 Å². The van der Waals surface area contributed by atoms with Gasteiger partial charge >= 0.3 is 0 Å². The molecule has 1 rings (SSSR count). The Kier molecular flexibility index (Phi) is 10.3. The first kappa shape index (κ1) is 20.2. The quantitative estimate of drug-likeness (QED) is 0.371. The van der Waals surface area contributed by atoms with Gasteiger partial charge in [0.05, 0.1) is 31.4 Å². The molecule has 0 radical (unpaired) electrons. The first-order valence-corrected chi connectivity index (χ1v) is 11.8. The van der Waals surface area contributed by atoms with Crippen molar-refractivity contribution in [3.05, 3.63) is 35.6 Å². The highest BCUT2D eigenvalue weighted by Gasteiger charge is 2.32. The van der Waals surface area contributed by atoms with Gasteiger partial charge in [0.15, 0.2) is 0 Å². The van der Waals surface area contributed by atoms with E-state index in [1.165, 1.54) is 62.6 Å². The third-order valence-corrected chi connectivity index (χ3v) is 8.97. The molecule has 0 spiro atoms. The minimum absolute atomic E-state index is 0.936. The molecule has 0 saturated heterocycles. The van der Waals surface area contributed by atoms with Gasteiger partial charge in [0.2, 0.25) is 0 Å². The molecule has 0 amide bonds. The van der Waals surface area contributed by atoms with Crippen molar-refractivity contribution in [3.63, 3.8) is 0 Å². The van der Waals surface area contributed by atoms with Crippen molar-refractivity contribution in [2.24, 2.45) is 0 Å². The van der Waals surface area contributed by atoms with Crippen molar-refractivity contribution in [1.82, 2.24) is 0 Å². The Morgan fingerprint density at radius 3 is 1.70 bits per heavy atom. The smallest absolute Gasteiger partial charge is 0.118 e. The first-order valence-electron chi connectivity index (χ1n) is 9.38. The van der Waals surface area contributed by atoms with E-state index in [4.69, 9.17) is 4.74 Å². The minimum Gasteiger partial charge on any atom is -0.497 e. The van der Waals surface area contributed by atoms with E-state index in [0.29, 0.717) is 0 Å². The third kappa shape index (κ3) is 7.53. The monoisotopic (exact) mass is 335 g/mol. The second-order valence-corrected chi connectivity index (χ2v) is 10.6. The van der Waals surface area contributed by atoms with E-state index in [2.05, 4.69) is 56.9 Å². The summed E-state index contributed by atoms with van der Waals surface area (Å²) in [4.78, 5) is 0. The zero-order chi connectivity index (χ0) is 17.0. The Bertz CT molecular complexity index is 414. The third-order valence-electron chi connectivity index (χ3n) is 4.57. The van der Waals surface area contributed by atoms with Gasteiger partial charge < -0.3 is 4.74 Å². The van der Waals surface area contributed by atoms with Gasteiger partial charge in [-0.15, -0.1) is 0 Å². The fraction of sp³-hybridized carbons (Fsp3) is 0.619. The molecule has 0 aliphatic heterocycles. The standard InChI is InChI=1S/C21H36OP/c1-5-8-16-23(17-9-6-2,18-10-7-3)19-15-20-11-13-21(22-4)14-12-20/h11-15,19H,5-10,16-18H2,1-4H3/q+1/b19-15+. The van der Waals surface area contributed by atoms with E-state index in [1.54, 1.807) is 7.11 Å². The van der Waals surface area contributed by atoms with Crippen LogP contribution in [0.25, 0.3) is 6.08 Å². The second-order valence-electron chi connectivity index (χ2n) is 6.54. The molecule has 0 atom stereocenters. The van der Waals surface area contributed by atoms with Crippen LogP contribution in [0, 0.1) is 0 Å². The largest absolute Gasteiger partial charge is 0.497 e. The molecule has 0 aliphatic carbocycles. The molecule has 1 aromatic carbocycles. The second kappa shape index (κ2) is 11.7. The highest BCUT2D eigenvalue weighted by atomic mass is 31.2. The summed E-state index contributed by atoms with van der Waals surface area (Å²) in [6, 6.07) is 8.46. The zero-order valence-corrected chi connectivity index (χ0v) is 16.6. The van der Waals surface area contributed by atoms with Crippen LogP contribution in [0.2, 0.25) is 0 Å². The minimum atomic E-state index is -0.942. The van der Waals surface area contributed by atoms with Crippen LogP contribution in [0.15, 0.2) is 30.1 Å². The summed E-state index contributed by atoms with van der Waals surface area (Å²) >= 11 is 0. The highest BCUT2D eigenvalue weighted by Crippen LogP contribution is 2.62.